The molecule has 2 aromatic heterocycles. The van der Waals surface area contributed by atoms with E-state index in [1.54, 1.807) is 6.33 Å². The van der Waals surface area contributed by atoms with E-state index in [0.717, 1.165) is 36.5 Å². The van der Waals surface area contributed by atoms with E-state index in [2.05, 4.69) is 15.0 Å². The number of aryl methyl sites for hydroxylation is 1. The number of nitrogens with one attached hydrogen (secondary N) is 1. The van der Waals surface area contributed by atoms with Crippen molar-refractivity contribution in [1.29, 1.82) is 0 Å². The highest BCUT2D eigenvalue weighted by Crippen LogP contribution is 2.30. The van der Waals surface area contributed by atoms with Gasteiger partial charge in [-0.15, -0.1) is 0 Å². The number of anilines is 1. The molecule has 1 aliphatic carbocycles. The minimum absolute atomic E-state index is 0.0336. The summed E-state index contributed by atoms with van der Waals surface area (Å²) in [5.74, 6) is 0.624. The third kappa shape index (κ3) is 3.63. The molecule has 1 aliphatic heterocycles. The molecule has 4 rings (SSSR count). The van der Waals surface area contributed by atoms with Crippen LogP contribution in [0.2, 0.25) is 0 Å². The third-order valence-electron chi connectivity index (χ3n) is 5.33. The summed E-state index contributed by atoms with van der Waals surface area (Å²) in [5.41, 5.74) is 1.35. The lowest BCUT2D eigenvalue weighted by Gasteiger charge is -2.37. The van der Waals surface area contributed by atoms with Crippen LogP contribution in [0.5, 0.6) is 0 Å². The molecule has 1 N–H and O–H groups in total. The van der Waals surface area contributed by atoms with Gasteiger partial charge in [-0.05, 0) is 25.0 Å². The number of hydrogen-bond donors (Lipinski definition) is 1. The van der Waals surface area contributed by atoms with Gasteiger partial charge in [-0.25, -0.2) is 9.97 Å². The normalized spacial score (nSPS) is 20.5. The van der Waals surface area contributed by atoms with Gasteiger partial charge in [0, 0.05) is 50.4 Å². The summed E-state index contributed by atoms with van der Waals surface area (Å²) in [7, 11) is 0. The molecule has 0 saturated carbocycles. The molecule has 2 aliphatic rings. The van der Waals surface area contributed by atoms with Gasteiger partial charge in [0.25, 0.3) is 0 Å². The number of aromatic amines is 1. The Morgan fingerprint density at radius 2 is 1.93 bits per heavy atom. The van der Waals surface area contributed by atoms with Crippen LogP contribution in [0.4, 0.5) is 19.0 Å². The minimum atomic E-state index is -4.38. The Kier molecular flexibility index (Phi) is 4.53. The minimum Gasteiger partial charge on any atom is -0.353 e. The van der Waals surface area contributed by atoms with Crippen molar-refractivity contribution < 1.29 is 18.0 Å². The number of nitrogens with zero attached hydrogens (tertiary/aromatic N) is 4. The number of carbonyl (C=O) groups is 1. The van der Waals surface area contributed by atoms with Gasteiger partial charge < -0.3 is 14.8 Å². The molecular formula is C18H20F3N5O. The summed E-state index contributed by atoms with van der Waals surface area (Å²) in [6.07, 6.45) is 0.451. The van der Waals surface area contributed by atoms with Crippen molar-refractivity contribution in [2.75, 3.05) is 31.1 Å². The lowest BCUT2D eigenvalue weighted by Crippen LogP contribution is -2.51. The van der Waals surface area contributed by atoms with E-state index >= 15 is 0 Å². The quantitative estimate of drug-likeness (QED) is 0.870. The predicted molar refractivity (Wildman–Crippen MR) is 92.1 cm³/mol. The zero-order valence-corrected chi connectivity index (χ0v) is 14.7. The molecule has 27 heavy (non-hydrogen) atoms. The zero-order chi connectivity index (χ0) is 19.0. The SMILES string of the molecule is O=C([C@@H]1CCc2nc[nH]c2C1)N1CCN(c2ccc(C(F)(F)F)cn2)CC1. The van der Waals surface area contributed by atoms with E-state index in [1.807, 2.05) is 9.80 Å². The summed E-state index contributed by atoms with van der Waals surface area (Å²) in [6.45, 7) is 2.22. The second-order valence-electron chi connectivity index (χ2n) is 6.98. The summed E-state index contributed by atoms with van der Waals surface area (Å²) >= 11 is 0. The molecule has 6 nitrogen and oxygen atoms in total. The maximum absolute atomic E-state index is 12.8. The van der Waals surface area contributed by atoms with Gasteiger partial charge in [-0.1, -0.05) is 0 Å². The van der Waals surface area contributed by atoms with Crippen molar-refractivity contribution in [3.8, 4) is 0 Å². The monoisotopic (exact) mass is 379 g/mol. The van der Waals surface area contributed by atoms with Gasteiger partial charge in [-0.2, -0.15) is 13.2 Å². The summed E-state index contributed by atoms with van der Waals surface area (Å²) in [5, 5.41) is 0. The highest BCUT2D eigenvalue weighted by Gasteiger charge is 2.33. The molecule has 1 atom stereocenters. The molecule has 1 saturated heterocycles. The van der Waals surface area contributed by atoms with Crippen LogP contribution in [0.25, 0.3) is 0 Å². The van der Waals surface area contributed by atoms with Crippen molar-refractivity contribution in [1.82, 2.24) is 19.9 Å². The van der Waals surface area contributed by atoms with Crippen LogP contribution in [-0.2, 0) is 23.8 Å². The zero-order valence-electron chi connectivity index (χ0n) is 14.7. The molecule has 144 valence electrons. The Labute approximate surface area is 154 Å². The number of carbonyl (C=O) groups excluding carboxylic acids is 1. The molecule has 0 spiro atoms. The van der Waals surface area contributed by atoms with Gasteiger partial charge in [-0.3, -0.25) is 4.79 Å². The largest absolute Gasteiger partial charge is 0.417 e. The Balaban J connectivity index is 1.34. The van der Waals surface area contributed by atoms with E-state index in [0.29, 0.717) is 38.4 Å². The fraction of sp³-hybridized carbons (Fsp3) is 0.500. The van der Waals surface area contributed by atoms with Crippen molar-refractivity contribution >= 4 is 11.7 Å². The number of rotatable bonds is 2. The number of piperazine rings is 1. The number of aromatic nitrogens is 3. The van der Waals surface area contributed by atoms with Gasteiger partial charge in [0.15, 0.2) is 0 Å². The average molecular weight is 379 g/mol. The Morgan fingerprint density at radius 3 is 2.59 bits per heavy atom. The maximum atomic E-state index is 12.8. The van der Waals surface area contributed by atoms with E-state index in [4.69, 9.17) is 0 Å². The van der Waals surface area contributed by atoms with Gasteiger partial charge in [0.1, 0.15) is 5.82 Å². The van der Waals surface area contributed by atoms with E-state index in [1.165, 1.54) is 6.07 Å². The standard InChI is InChI=1S/C18H20F3N5O/c19-18(20,21)13-2-4-16(22-10-13)25-5-7-26(8-6-25)17(27)12-1-3-14-15(9-12)24-11-23-14/h2,4,10-12H,1,3,5-9H2,(H,23,24)/t12-/m1/s1. The number of fused-ring (bicyclic) bond motifs is 1. The fourth-order valence-electron chi connectivity index (χ4n) is 3.77. The first-order chi connectivity index (χ1) is 12.9. The molecule has 9 heteroatoms. The van der Waals surface area contributed by atoms with E-state index < -0.39 is 11.7 Å². The second kappa shape index (κ2) is 6.86. The average Bonchev–Trinajstić information content (AvgIpc) is 3.15. The number of H-pyrrole nitrogens is 1. The van der Waals surface area contributed by atoms with Crippen molar-refractivity contribution in [2.45, 2.75) is 25.4 Å². The second-order valence-corrected chi connectivity index (χ2v) is 6.98. The van der Waals surface area contributed by atoms with E-state index in [9.17, 15) is 18.0 Å². The van der Waals surface area contributed by atoms with Crippen molar-refractivity contribution in [3.63, 3.8) is 0 Å². The van der Waals surface area contributed by atoms with Crippen LogP contribution < -0.4 is 4.90 Å². The van der Waals surface area contributed by atoms with Crippen LogP contribution >= 0.6 is 0 Å². The molecule has 1 fully saturated rings. The van der Waals surface area contributed by atoms with Gasteiger partial charge >= 0.3 is 6.18 Å². The van der Waals surface area contributed by atoms with Crippen LogP contribution in [0.1, 0.15) is 23.4 Å². The van der Waals surface area contributed by atoms with Crippen molar-refractivity contribution in [2.24, 2.45) is 5.92 Å². The summed E-state index contributed by atoms with van der Waals surface area (Å²) < 4.78 is 37.9. The molecule has 0 radical (unpaired) electrons. The summed E-state index contributed by atoms with van der Waals surface area (Å²) in [4.78, 5) is 27.9. The Morgan fingerprint density at radius 1 is 1.15 bits per heavy atom. The molecule has 0 aromatic carbocycles. The van der Waals surface area contributed by atoms with E-state index in [-0.39, 0.29) is 11.8 Å². The number of amides is 1. The topological polar surface area (TPSA) is 65.1 Å². The smallest absolute Gasteiger partial charge is 0.353 e. The van der Waals surface area contributed by atoms with Gasteiger partial charge in [0.05, 0.1) is 17.6 Å². The fourth-order valence-corrected chi connectivity index (χ4v) is 3.77. The number of halogens is 3. The highest BCUT2D eigenvalue weighted by molar-refractivity contribution is 5.79. The summed E-state index contributed by atoms with van der Waals surface area (Å²) in [6, 6.07) is 2.44. The first-order valence-electron chi connectivity index (χ1n) is 9.00. The molecule has 0 bridgehead atoms. The lowest BCUT2D eigenvalue weighted by molar-refractivity contribution is -0.138. The number of pyridine rings is 1. The number of alkyl halides is 3. The van der Waals surface area contributed by atoms with Crippen LogP contribution in [-0.4, -0.2) is 51.9 Å². The predicted octanol–water partition coefficient (Wildman–Crippen LogP) is 2.28. The van der Waals surface area contributed by atoms with Crippen molar-refractivity contribution in [3.05, 3.63) is 41.6 Å². The molecular weight excluding hydrogens is 359 g/mol. The van der Waals surface area contributed by atoms with Gasteiger partial charge in [0.2, 0.25) is 5.91 Å². The molecule has 3 heterocycles. The van der Waals surface area contributed by atoms with Crippen LogP contribution in [0.15, 0.2) is 24.7 Å². The van der Waals surface area contributed by atoms with Crippen LogP contribution in [0.3, 0.4) is 0 Å². The lowest BCUT2D eigenvalue weighted by atomic mass is 9.88. The molecule has 1 amide bonds. The Hall–Kier alpha value is -2.58. The van der Waals surface area contributed by atoms with Crippen LogP contribution in [0, 0.1) is 5.92 Å². The number of hydrogen-bond acceptors (Lipinski definition) is 4. The number of imidazole rings is 1. The third-order valence-corrected chi connectivity index (χ3v) is 5.33. The first-order valence-corrected chi connectivity index (χ1v) is 9.00. The maximum Gasteiger partial charge on any atom is 0.417 e. The molecule has 0 unspecified atom stereocenters. The Bertz CT molecular complexity index is 809. The molecule has 2 aromatic rings. The highest BCUT2D eigenvalue weighted by atomic mass is 19.4. The first kappa shape index (κ1) is 17.8.